The van der Waals surface area contributed by atoms with Crippen molar-refractivity contribution in [3.63, 3.8) is 0 Å². The second-order valence-electron chi connectivity index (χ2n) is 4.43. The fraction of sp³-hybridized carbons (Fsp3) is 0.188. The summed E-state index contributed by atoms with van der Waals surface area (Å²) >= 11 is 0. The van der Waals surface area contributed by atoms with Crippen molar-refractivity contribution < 1.29 is 4.79 Å². The highest BCUT2D eigenvalue weighted by Gasteiger charge is 2.06. The number of benzene rings is 2. The van der Waals surface area contributed by atoms with Crippen LogP contribution in [-0.2, 0) is 0 Å². The predicted molar refractivity (Wildman–Crippen MR) is 78.3 cm³/mol. The van der Waals surface area contributed by atoms with Crippen molar-refractivity contribution in [2.45, 2.75) is 13.0 Å². The number of anilines is 1. The number of carbonyl (C=O) groups is 1. The molecule has 0 radical (unpaired) electrons. The second kappa shape index (κ2) is 6.05. The molecule has 2 rings (SSSR count). The van der Waals surface area contributed by atoms with Gasteiger partial charge in [-0.3, -0.25) is 4.79 Å². The van der Waals surface area contributed by atoms with Gasteiger partial charge in [-0.25, -0.2) is 0 Å². The normalized spacial score (nSPS) is 11.7. The zero-order valence-corrected chi connectivity index (χ0v) is 11.2. The molecule has 1 atom stereocenters. The highest BCUT2D eigenvalue weighted by atomic mass is 16.1. The number of rotatable bonds is 4. The zero-order valence-electron chi connectivity index (χ0n) is 11.2. The monoisotopic (exact) mass is 254 g/mol. The van der Waals surface area contributed by atoms with Crippen LogP contribution >= 0.6 is 0 Å². The summed E-state index contributed by atoms with van der Waals surface area (Å²) in [5.41, 5.74) is 2.90. The molecule has 0 aromatic heterocycles. The topological polar surface area (TPSA) is 41.1 Å². The predicted octanol–water partition coefficient (Wildman–Crippen LogP) is 3.22. The van der Waals surface area contributed by atoms with Crippen molar-refractivity contribution in [3.05, 3.63) is 65.7 Å². The molecule has 1 amide bonds. The van der Waals surface area contributed by atoms with Crippen LogP contribution in [0.3, 0.4) is 0 Å². The Hall–Kier alpha value is -2.29. The van der Waals surface area contributed by atoms with Gasteiger partial charge in [-0.15, -0.1) is 0 Å². The molecule has 1 unspecified atom stereocenters. The third-order valence-electron chi connectivity index (χ3n) is 3.06. The van der Waals surface area contributed by atoms with Gasteiger partial charge < -0.3 is 10.6 Å². The smallest absolute Gasteiger partial charge is 0.251 e. The van der Waals surface area contributed by atoms with Gasteiger partial charge in [0.15, 0.2) is 0 Å². The second-order valence-corrected chi connectivity index (χ2v) is 4.43. The van der Waals surface area contributed by atoms with Gasteiger partial charge in [0.1, 0.15) is 0 Å². The third-order valence-corrected chi connectivity index (χ3v) is 3.06. The fourth-order valence-electron chi connectivity index (χ4n) is 1.94. The Morgan fingerprint density at radius 1 is 1.00 bits per heavy atom. The Kier molecular flexibility index (Phi) is 4.18. The lowest BCUT2D eigenvalue weighted by molar-refractivity contribution is 0.0963. The van der Waals surface area contributed by atoms with E-state index in [9.17, 15) is 4.79 Å². The molecule has 0 heterocycles. The van der Waals surface area contributed by atoms with Crippen molar-refractivity contribution in [1.82, 2.24) is 5.32 Å². The van der Waals surface area contributed by atoms with E-state index in [-0.39, 0.29) is 11.9 Å². The minimum Gasteiger partial charge on any atom is -0.379 e. The first kappa shape index (κ1) is 13.1. The van der Waals surface area contributed by atoms with E-state index in [0.717, 1.165) is 5.69 Å². The lowest BCUT2D eigenvalue weighted by Gasteiger charge is -2.15. The molecule has 0 fully saturated rings. The highest BCUT2D eigenvalue weighted by molar-refractivity contribution is 5.94. The molecule has 0 aliphatic heterocycles. The number of hydrogen-bond donors (Lipinski definition) is 2. The van der Waals surface area contributed by atoms with Crippen molar-refractivity contribution in [1.29, 1.82) is 0 Å². The standard InChI is InChI=1S/C16H18N2O/c1-12(13-6-4-3-5-7-13)18-15-10-8-14(9-11-15)16(19)17-2/h3-12,18H,1-2H3,(H,17,19). The van der Waals surface area contributed by atoms with Gasteiger partial charge in [0.25, 0.3) is 5.91 Å². The van der Waals surface area contributed by atoms with Gasteiger partial charge in [0, 0.05) is 24.3 Å². The van der Waals surface area contributed by atoms with Crippen LogP contribution in [0, 0.1) is 0 Å². The summed E-state index contributed by atoms with van der Waals surface area (Å²) in [5, 5.41) is 6.02. The van der Waals surface area contributed by atoms with Crippen LogP contribution < -0.4 is 10.6 Å². The van der Waals surface area contributed by atoms with E-state index >= 15 is 0 Å². The van der Waals surface area contributed by atoms with Crippen LogP contribution in [0.5, 0.6) is 0 Å². The van der Waals surface area contributed by atoms with E-state index < -0.39 is 0 Å². The first-order chi connectivity index (χ1) is 9.20. The average molecular weight is 254 g/mol. The molecule has 19 heavy (non-hydrogen) atoms. The van der Waals surface area contributed by atoms with Gasteiger partial charge in [0.05, 0.1) is 0 Å². The molecular formula is C16H18N2O. The fourth-order valence-corrected chi connectivity index (χ4v) is 1.94. The quantitative estimate of drug-likeness (QED) is 0.879. The van der Waals surface area contributed by atoms with Crippen molar-refractivity contribution in [2.75, 3.05) is 12.4 Å². The molecule has 0 saturated heterocycles. The first-order valence-electron chi connectivity index (χ1n) is 6.34. The summed E-state index contributed by atoms with van der Waals surface area (Å²) in [6.45, 7) is 2.11. The number of amides is 1. The van der Waals surface area contributed by atoms with Gasteiger partial charge in [-0.1, -0.05) is 30.3 Å². The van der Waals surface area contributed by atoms with Crippen molar-refractivity contribution in [3.8, 4) is 0 Å². The Bertz CT molecular complexity index is 534. The molecule has 0 bridgehead atoms. The van der Waals surface area contributed by atoms with Crippen molar-refractivity contribution >= 4 is 11.6 Å². The molecule has 0 saturated carbocycles. The lowest BCUT2D eigenvalue weighted by atomic mass is 10.1. The molecule has 98 valence electrons. The summed E-state index contributed by atoms with van der Waals surface area (Å²) in [6.07, 6.45) is 0. The van der Waals surface area contributed by atoms with Crippen LogP contribution in [0.15, 0.2) is 54.6 Å². The number of nitrogens with one attached hydrogen (secondary N) is 2. The van der Waals surface area contributed by atoms with Gasteiger partial charge >= 0.3 is 0 Å². The van der Waals surface area contributed by atoms with E-state index in [1.165, 1.54) is 5.56 Å². The molecular weight excluding hydrogens is 236 g/mol. The summed E-state index contributed by atoms with van der Waals surface area (Å²) < 4.78 is 0. The first-order valence-corrected chi connectivity index (χ1v) is 6.34. The number of carbonyl (C=O) groups excluding carboxylic acids is 1. The average Bonchev–Trinajstić information content (AvgIpc) is 2.48. The zero-order chi connectivity index (χ0) is 13.7. The molecule has 2 aromatic carbocycles. The molecule has 3 heteroatoms. The molecule has 2 N–H and O–H groups in total. The molecule has 3 nitrogen and oxygen atoms in total. The van der Waals surface area contributed by atoms with E-state index in [2.05, 4.69) is 29.7 Å². The third kappa shape index (κ3) is 3.35. The lowest BCUT2D eigenvalue weighted by Crippen LogP contribution is -2.17. The maximum atomic E-state index is 11.4. The highest BCUT2D eigenvalue weighted by Crippen LogP contribution is 2.19. The van der Waals surface area contributed by atoms with Gasteiger partial charge in [-0.2, -0.15) is 0 Å². The largest absolute Gasteiger partial charge is 0.379 e. The van der Waals surface area contributed by atoms with E-state index in [1.54, 1.807) is 7.05 Å². The summed E-state index contributed by atoms with van der Waals surface area (Å²) in [7, 11) is 1.63. The van der Waals surface area contributed by atoms with E-state index in [1.807, 2.05) is 42.5 Å². The number of hydrogen-bond acceptors (Lipinski definition) is 2. The SMILES string of the molecule is CNC(=O)c1ccc(NC(C)c2ccccc2)cc1. The molecule has 0 spiro atoms. The Morgan fingerprint density at radius 3 is 2.21 bits per heavy atom. The minimum absolute atomic E-state index is 0.0670. The Labute approximate surface area is 113 Å². The maximum absolute atomic E-state index is 11.4. The summed E-state index contributed by atoms with van der Waals surface area (Å²) in [6, 6.07) is 18.0. The van der Waals surface area contributed by atoms with Crippen molar-refractivity contribution in [2.24, 2.45) is 0 Å². The molecule has 0 aliphatic carbocycles. The maximum Gasteiger partial charge on any atom is 0.251 e. The van der Waals surface area contributed by atoms with Crippen LogP contribution in [0.1, 0.15) is 28.9 Å². The Balaban J connectivity index is 2.06. The van der Waals surface area contributed by atoms with E-state index in [4.69, 9.17) is 0 Å². The van der Waals surface area contributed by atoms with Crippen LogP contribution in [0.2, 0.25) is 0 Å². The molecule has 0 aliphatic rings. The summed E-state index contributed by atoms with van der Waals surface area (Å²) in [5.74, 6) is -0.0670. The summed E-state index contributed by atoms with van der Waals surface area (Å²) in [4.78, 5) is 11.4. The Morgan fingerprint density at radius 2 is 1.63 bits per heavy atom. The van der Waals surface area contributed by atoms with E-state index in [0.29, 0.717) is 5.56 Å². The van der Waals surface area contributed by atoms with Gasteiger partial charge in [0.2, 0.25) is 0 Å². The minimum atomic E-state index is -0.0670. The van der Waals surface area contributed by atoms with Crippen LogP contribution in [0.25, 0.3) is 0 Å². The van der Waals surface area contributed by atoms with Crippen LogP contribution in [-0.4, -0.2) is 13.0 Å². The van der Waals surface area contributed by atoms with Crippen LogP contribution in [0.4, 0.5) is 5.69 Å². The van der Waals surface area contributed by atoms with Gasteiger partial charge in [-0.05, 0) is 36.8 Å². The molecule has 2 aromatic rings.